The maximum atomic E-state index is 12.0. The van der Waals surface area contributed by atoms with E-state index in [2.05, 4.69) is 12.1 Å². The molecule has 1 aliphatic rings. The van der Waals surface area contributed by atoms with Crippen LogP contribution >= 0.6 is 0 Å². The van der Waals surface area contributed by atoms with Crippen LogP contribution in [0.15, 0.2) is 42.7 Å². The molecular formula is C11H11F. The molecule has 0 radical (unpaired) electrons. The van der Waals surface area contributed by atoms with Crippen molar-refractivity contribution in [1.82, 2.24) is 0 Å². The van der Waals surface area contributed by atoms with Crippen LogP contribution in [0.2, 0.25) is 0 Å². The summed E-state index contributed by atoms with van der Waals surface area (Å²) < 4.78 is 12.0. The highest BCUT2D eigenvalue weighted by Crippen LogP contribution is 2.49. The van der Waals surface area contributed by atoms with Crippen molar-refractivity contribution in [3.8, 4) is 0 Å². The van der Waals surface area contributed by atoms with Crippen LogP contribution in [0.3, 0.4) is 0 Å². The quantitative estimate of drug-likeness (QED) is 0.626. The summed E-state index contributed by atoms with van der Waals surface area (Å²) in [6, 6.07) is 10.1. The van der Waals surface area contributed by atoms with Crippen molar-refractivity contribution in [3.05, 3.63) is 48.3 Å². The second-order valence-electron chi connectivity index (χ2n) is 3.31. The molecule has 0 heterocycles. The maximum absolute atomic E-state index is 12.0. The van der Waals surface area contributed by atoms with Gasteiger partial charge in [-0.15, -0.1) is 0 Å². The van der Waals surface area contributed by atoms with Crippen molar-refractivity contribution in [3.63, 3.8) is 0 Å². The fraction of sp³-hybridized carbons (Fsp3) is 0.273. The van der Waals surface area contributed by atoms with E-state index in [4.69, 9.17) is 0 Å². The number of benzene rings is 1. The maximum Gasteiger partial charge on any atom is 0.0836 e. The van der Waals surface area contributed by atoms with Gasteiger partial charge < -0.3 is 0 Å². The molecule has 12 heavy (non-hydrogen) atoms. The largest absolute Gasteiger partial charge is 0.216 e. The van der Waals surface area contributed by atoms with Gasteiger partial charge >= 0.3 is 0 Å². The van der Waals surface area contributed by atoms with Gasteiger partial charge in [-0.05, 0) is 24.5 Å². The zero-order valence-electron chi connectivity index (χ0n) is 6.83. The first kappa shape index (κ1) is 7.53. The van der Waals surface area contributed by atoms with E-state index in [0.717, 1.165) is 12.8 Å². The highest BCUT2D eigenvalue weighted by atomic mass is 19.1. The summed E-state index contributed by atoms with van der Waals surface area (Å²) in [7, 11) is 0. The van der Waals surface area contributed by atoms with Gasteiger partial charge in [0.25, 0.3) is 0 Å². The Kier molecular flexibility index (Phi) is 1.72. The average molecular weight is 162 g/mol. The standard InChI is InChI=1S/C11H11F/c12-9-8-11(6-7-11)10-4-2-1-3-5-10/h1-5,8-9H,6-7H2/b9-8+. The SMILES string of the molecule is F/C=C/C1(c2ccccc2)CC1. The van der Waals surface area contributed by atoms with Crippen LogP contribution in [-0.4, -0.2) is 0 Å². The van der Waals surface area contributed by atoms with Gasteiger partial charge in [-0.1, -0.05) is 30.3 Å². The van der Waals surface area contributed by atoms with E-state index >= 15 is 0 Å². The second kappa shape index (κ2) is 2.74. The normalized spacial score (nSPS) is 19.8. The predicted molar refractivity (Wildman–Crippen MR) is 47.6 cm³/mol. The lowest BCUT2D eigenvalue weighted by Gasteiger charge is -2.08. The lowest BCUT2D eigenvalue weighted by atomic mass is 9.96. The lowest BCUT2D eigenvalue weighted by Crippen LogP contribution is -2.00. The Morgan fingerprint density at radius 2 is 1.83 bits per heavy atom. The van der Waals surface area contributed by atoms with Crippen molar-refractivity contribution < 1.29 is 4.39 Å². The molecule has 0 bridgehead atoms. The third kappa shape index (κ3) is 1.15. The first-order valence-electron chi connectivity index (χ1n) is 4.21. The minimum Gasteiger partial charge on any atom is -0.216 e. The van der Waals surface area contributed by atoms with E-state index in [0.29, 0.717) is 6.33 Å². The lowest BCUT2D eigenvalue weighted by molar-refractivity contribution is 0.702. The molecule has 0 amide bonds. The zero-order chi connectivity index (χ0) is 8.44. The molecule has 0 aromatic heterocycles. The van der Waals surface area contributed by atoms with Gasteiger partial charge in [-0.25, -0.2) is 4.39 Å². The summed E-state index contributed by atoms with van der Waals surface area (Å²) in [5, 5.41) is 0. The van der Waals surface area contributed by atoms with Gasteiger partial charge in [-0.2, -0.15) is 0 Å². The fourth-order valence-corrected chi connectivity index (χ4v) is 1.58. The Morgan fingerprint density at radius 1 is 1.17 bits per heavy atom. The first-order valence-corrected chi connectivity index (χ1v) is 4.21. The topological polar surface area (TPSA) is 0 Å². The Labute approximate surface area is 71.7 Å². The summed E-state index contributed by atoms with van der Waals surface area (Å²) in [4.78, 5) is 0. The van der Waals surface area contributed by atoms with Crippen LogP contribution in [0.1, 0.15) is 18.4 Å². The average Bonchev–Trinajstić information content (AvgIpc) is 2.88. The molecule has 0 unspecified atom stereocenters. The van der Waals surface area contributed by atoms with Crippen molar-refractivity contribution in [2.24, 2.45) is 0 Å². The zero-order valence-corrected chi connectivity index (χ0v) is 6.83. The molecule has 0 spiro atoms. The molecule has 1 aliphatic carbocycles. The number of rotatable bonds is 2. The summed E-state index contributed by atoms with van der Waals surface area (Å²) in [5.74, 6) is 0. The molecule has 1 aromatic rings. The summed E-state index contributed by atoms with van der Waals surface area (Å²) in [6.45, 7) is 0. The van der Waals surface area contributed by atoms with E-state index in [1.807, 2.05) is 18.2 Å². The van der Waals surface area contributed by atoms with Gasteiger partial charge in [0.15, 0.2) is 0 Å². The monoisotopic (exact) mass is 162 g/mol. The van der Waals surface area contributed by atoms with Crippen LogP contribution in [0, 0.1) is 0 Å². The van der Waals surface area contributed by atoms with E-state index in [-0.39, 0.29) is 5.41 Å². The predicted octanol–water partition coefficient (Wildman–Crippen LogP) is 3.20. The molecule has 0 aliphatic heterocycles. The smallest absolute Gasteiger partial charge is 0.0836 e. The molecule has 1 saturated carbocycles. The molecule has 0 atom stereocenters. The Bertz CT molecular complexity index is 283. The Balaban J connectivity index is 2.31. The second-order valence-corrected chi connectivity index (χ2v) is 3.31. The molecule has 2 rings (SSSR count). The van der Waals surface area contributed by atoms with Crippen LogP contribution in [0.5, 0.6) is 0 Å². The molecular weight excluding hydrogens is 151 g/mol. The van der Waals surface area contributed by atoms with E-state index < -0.39 is 0 Å². The third-order valence-corrected chi connectivity index (χ3v) is 2.52. The Hall–Kier alpha value is -1.11. The summed E-state index contributed by atoms with van der Waals surface area (Å²) >= 11 is 0. The van der Waals surface area contributed by atoms with Gasteiger partial charge in [0.2, 0.25) is 0 Å². The van der Waals surface area contributed by atoms with E-state index in [1.54, 1.807) is 6.08 Å². The number of hydrogen-bond acceptors (Lipinski definition) is 0. The highest BCUT2D eigenvalue weighted by Gasteiger charge is 2.41. The van der Waals surface area contributed by atoms with Crippen LogP contribution in [0.25, 0.3) is 0 Å². The molecule has 62 valence electrons. The third-order valence-electron chi connectivity index (χ3n) is 2.52. The molecule has 0 saturated heterocycles. The molecule has 1 aromatic carbocycles. The van der Waals surface area contributed by atoms with Crippen LogP contribution in [-0.2, 0) is 5.41 Å². The molecule has 0 nitrogen and oxygen atoms in total. The molecule has 0 N–H and O–H groups in total. The van der Waals surface area contributed by atoms with Crippen molar-refractivity contribution in [2.75, 3.05) is 0 Å². The van der Waals surface area contributed by atoms with Gasteiger partial charge in [0.1, 0.15) is 0 Å². The number of halogens is 1. The van der Waals surface area contributed by atoms with Gasteiger partial charge in [0, 0.05) is 5.41 Å². The van der Waals surface area contributed by atoms with Crippen molar-refractivity contribution in [1.29, 1.82) is 0 Å². The number of hydrogen-bond donors (Lipinski definition) is 0. The van der Waals surface area contributed by atoms with Crippen molar-refractivity contribution in [2.45, 2.75) is 18.3 Å². The van der Waals surface area contributed by atoms with Gasteiger partial charge in [0.05, 0.1) is 6.33 Å². The van der Waals surface area contributed by atoms with Crippen LogP contribution in [0.4, 0.5) is 4.39 Å². The van der Waals surface area contributed by atoms with E-state index in [9.17, 15) is 4.39 Å². The fourth-order valence-electron chi connectivity index (χ4n) is 1.58. The van der Waals surface area contributed by atoms with Crippen molar-refractivity contribution >= 4 is 0 Å². The number of allylic oxidation sites excluding steroid dienone is 1. The summed E-state index contributed by atoms with van der Waals surface area (Å²) in [5.41, 5.74) is 1.27. The first-order chi connectivity index (χ1) is 5.87. The Morgan fingerprint density at radius 3 is 2.33 bits per heavy atom. The summed E-state index contributed by atoms with van der Waals surface area (Å²) in [6.07, 6.45) is 4.50. The van der Waals surface area contributed by atoms with Crippen LogP contribution < -0.4 is 0 Å². The minimum atomic E-state index is 0.0377. The van der Waals surface area contributed by atoms with E-state index in [1.165, 1.54) is 5.56 Å². The minimum absolute atomic E-state index is 0.0377. The molecule has 1 heteroatoms. The van der Waals surface area contributed by atoms with Gasteiger partial charge in [-0.3, -0.25) is 0 Å². The molecule has 1 fully saturated rings. The highest BCUT2D eigenvalue weighted by molar-refractivity contribution is 5.36.